The van der Waals surface area contributed by atoms with Gasteiger partial charge in [-0.3, -0.25) is 0 Å². The van der Waals surface area contributed by atoms with Crippen molar-refractivity contribution in [1.29, 1.82) is 0 Å². The van der Waals surface area contributed by atoms with Crippen LogP contribution in [0.3, 0.4) is 0 Å². The molecule has 31 heavy (non-hydrogen) atoms. The van der Waals surface area contributed by atoms with Gasteiger partial charge in [0.1, 0.15) is 0 Å². The second-order valence-electron chi connectivity index (χ2n) is 9.59. The minimum atomic E-state index is 0.494. The van der Waals surface area contributed by atoms with Crippen LogP contribution in [0.1, 0.15) is 101 Å². The van der Waals surface area contributed by atoms with Crippen LogP contribution in [0.15, 0.2) is 36.4 Å². The van der Waals surface area contributed by atoms with E-state index in [1.165, 1.54) is 33.6 Å². The van der Waals surface area contributed by atoms with Crippen molar-refractivity contribution in [2.45, 2.75) is 79.1 Å². The van der Waals surface area contributed by atoms with E-state index in [-0.39, 0.29) is 0 Å². The third-order valence-corrected chi connectivity index (χ3v) is 6.01. The van der Waals surface area contributed by atoms with Crippen molar-refractivity contribution >= 4 is 20.6 Å². The minimum absolute atomic E-state index is 0.494. The predicted octanol–water partition coefficient (Wildman–Crippen LogP) is 8.19. The van der Waals surface area contributed by atoms with E-state index in [0.717, 1.165) is 13.1 Å². The maximum atomic E-state index is 4.45. The van der Waals surface area contributed by atoms with Gasteiger partial charge in [-0.25, -0.2) is 0 Å². The van der Waals surface area contributed by atoms with Crippen LogP contribution in [0.25, 0.3) is 0 Å². The molecule has 0 aromatic heterocycles. The molecule has 1 aliphatic rings. The van der Waals surface area contributed by atoms with Crippen molar-refractivity contribution in [3.63, 3.8) is 0 Å². The Morgan fingerprint density at radius 3 is 1.10 bits per heavy atom. The van der Waals surface area contributed by atoms with Gasteiger partial charge in [0.05, 0.1) is 0 Å². The summed E-state index contributed by atoms with van der Waals surface area (Å²) >= 11 is 2.42. The molecule has 2 aromatic carbocycles. The summed E-state index contributed by atoms with van der Waals surface area (Å²) in [4.78, 5) is 4.76. The van der Waals surface area contributed by atoms with Crippen molar-refractivity contribution in [2.75, 3.05) is 22.9 Å². The molecule has 0 unspecified atom stereocenters. The summed E-state index contributed by atoms with van der Waals surface area (Å²) in [6.45, 7) is 24.1. The molecule has 4 heteroatoms. The maximum absolute atomic E-state index is 4.45. The molecule has 174 valence electrons. The number of hydrogen-bond donors (Lipinski definition) is 0. The van der Waals surface area contributed by atoms with Crippen molar-refractivity contribution in [3.8, 4) is 0 Å². The Bertz CT molecular complexity index is 723. The van der Waals surface area contributed by atoms with Crippen LogP contribution in [0.2, 0.25) is 0 Å². The molecule has 2 aromatic rings. The molecule has 1 heterocycles. The molecule has 1 saturated heterocycles. The first-order valence-electron chi connectivity index (χ1n) is 11.4. The molecule has 1 fully saturated rings. The molecule has 1 aliphatic heterocycles. The molecule has 0 aliphatic carbocycles. The monoisotopic (exact) mass is 532 g/mol. The summed E-state index contributed by atoms with van der Waals surface area (Å²) in [7, 11) is 4.45. The quantitative estimate of drug-likeness (QED) is 0.345. The Labute approximate surface area is 207 Å². The zero-order chi connectivity index (χ0) is 23.3. The summed E-state index contributed by atoms with van der Waals surface area (Å²) in [5, 5.41) is 0. The molecule has 0 atom stereocenters. The average molecular weight is 534 g/mol. The second-order valence-corrected chi connectivity index (χ2v) is 9.59. The zero-order valence-corrected chi connectivity index (χ0v) is 22.5. The van der Waals surface area contributed by atoms with Crippen LogP contribution in [-0.2, 0) is 20.0 Å². The predicted molar refractivity (Wildman–Crippen MR) is 133 cm³/mol. The molecular formula is C27H38AgClN2. The normalized spacial score (nSPS) is 14.2. The molecule has 3 rings (SSSR count). The second kappa shape index (κ2) is 11.8. The molecule has 0 N–H and O–H groups in total. The molecular weight excluding hydrogens is 496 g/mol. The van der Waals surface area contributed by atoms with Crippen LogP contribution in [0.5, 0.6) is 0 Å². The number of halogens is 1. The summed E-state index contributed by atoms with van der Waals surface area (Å²) in [5.41, 5.74) is 8.43. The van der Waals surface area contributed by atoms with Crippen LogP contribution < -0.4 is 9.80 Å². The van der Waals surface area contributed by atoms with Gasteiger partial charge in [-0.05, 0) is 45.9 Å². The van der Waals surface area contributed by atoms with Crippen LogP contribution in [0, 0.1) is 6.67 Å². The SMILES string of the molecule is CC(C)c1cccc(C(C)C)c1N1[C]N(c2c(C(C)C)cccc2C(C)C)CC1.[Cl][Ag]. The number of benzene rings is 2. The summed E-state index contributed by atoms with van der Waals surface area (Å²) in [6, 6.07) is 13.6. The molecule has 0 saturated carbocycles. The fourth-order valence-electron chi connectivity index (χ4n) is 4.42. The fourth-order valence-corrected chi connectivity index (χ4v) is 4.42. The topological polar surface area (TPSA) is 6.48 Å². The standard InChI is InChI=1S/C27H38N2.Ag.ClH/c1-18(2)22-11-9-12-23(19(3)4)26(22)28-15-16-29(17-28)27-24(20(5)6)13-10-14-25(27)21(7)8;;/h9-14,18-21H,15-16H2,1-8H3;;1H/q;+1;/p-1. The molecule has 0 amide bonds. The molecule has 2 nitrogen and oxygen atoms in total. The van der Waals surface area contributed by atoms with E-state index in [1.54, 1.807) is 0 Å². The number of para-hydroxylation sites is 2. The van der Waals surface area contributed by atoms with Gasteiger partial charge in [-0.2, -0.15) is 0 Å². The Morgan fingerprint density at radius 2 is 0.871 bits per heavy atom. The van der Waals surface area contributed by atoms with E-state index in [9.17, 15) is 0 Å². The average Bonchev–Trinajstić information content (AvgIpc) is 3.23. The van der Waals surface area contributed by atoms with Gasteiger partial charge in [0, 0.05) is 24.5 Å². The van der Waals surface area contributed by atoms with Crippen LogP contribution in [-0.4, -0.2) is 13.1 Å². The van der Waals surface area contributed by atoms with E-state index < -0.39 is 0 Å². The fraction of sp³-hybridized carbons (Fsp3) is 0.519. The van der Waals surface area contributed by atoms with E-state index in [0.29, 0.717) is 23.7 Å². The van der Waals surface area contributed by atoms with E-state index in [2.05, 4.69) is 137 Å². The summed E-state index contributed by atoms with van der Waals surface area (Å²) < 4.78 is 0. The first-order chi connectivity index (χ1) is 14.7. The van der Waals surface area contributed by atoms with E-state index in [1.807, 2.05) is 0 Å². The van der Waals surface area contributed by atoms with Crippen molar-refractivity contribution in [3.05, 3.63) is 65.3 Å². The van der Waals surface area contributed by atoms with Crippen molar-refractivity contribution in [1.82, 2.24) is 0 Å². The number of rotatable bonds is 6. The van der Waals surface area contributed by atoms with Gasteiger partial charge < -0.3 is 9.80 Å². The Balaban J connectivity index is 0.00000166. The first-order valence-corrected chi connectivity index (χ1v) is 13.3. The Morgan fingerprint density at radius 1 is 0.613 bits per heavy atom. The van der Waals surface area contributed by atoms with Crippen LogP contribution >= 0.6 is 9.19 Å². The van der Waals surface area contributed by atoms with Gasteiger partial charge in [0.2, 0.25) is 6.67 Å². The third kappa shape index (κ3) is 5.90. The Hall–Kier alpha value is -0.930. The van der Waals surface area contributed by atoms with Gasteiger partial charge in [0.25, 0.3) is 0 Å². The van der Waals surface area contributed by atoms with E-state index in [4.69, 9.17) is 0 Å². The Kier molecular flexibility index (Phi) is 10.0. The van der Waals surface area contributed by atoms with Gasteiger partial charge >= 0.3 is 29.2 Å². The van der Waals surface area contributed by atoms with Crippen LogP contribution in [0.4, 0.5) is 11.4 Å². The number of anilines is 2. The van der Waals surface area contributed by atoms with Gasteiger partial charge in [-0.1, -0.05) is 91.8 Å². The number of hydrogen-bond acceptors (Lipinski definition) is 2. The van der Waals surface area contributed by atoms with E-state index >= 15 is 0 Å². The zero-order valence-electron chi connectivity index (χ0n) is 20.3. The summed E-state index contributed by atoms with van der Waals surface area (Å²) in [6.07, 6.45) is 0. The third-order valence-electron chi connectivity index (χ3n) is 6.01. The van der Waals surface area contributed by atoms with Gasteiger partial charge in [-0.15, -0.1) is 0 Å². The summed E-state index contributed by atoms with van der Waals surface area (Å²) in [5.74, 6) is 1.98. The molecule has 0 bridgehead atoms. The first kappa shape index (κ1) is 26.3. The molecule has 0 spiro atoms. The van der Waals surface area contributed by atoms with Crippen molar-refractivity contribution < 1.29 is 20.0 Å². The molecule has 2 radical (unpaired) electrons. The number of nitrogens with zero attached hydrogens (tertiary/aromatic N) is 2. The van der Waals surface area contributed by atoms with Crippen molar-refractivity contribution in [2.24, 2.45) is 0 Å². The van der Waals surface area contributed by atoms with Gasteiger partial charge in [0.15, 0.2) is 0 Å².